The summed E-state index contributed by atoms with van der Waals surface area (Å²) in [6, 6.07) is 0. The lowest BCUT2D eigenvalue weighted by Crippen LogP contribution is -2.52. The Morgan fingerprint density at radius 1 is 1.25 bits per heavy atom. The summed E-state index contributed by atoms with van der Waals surface area (Å²) in [4.78, 5) is 0. The molecule has 2 saturated heterocycles. The summed E-state index contributed by atoms with van der Waals surface area (Å²) >= 11 is 0. The zero-order valence-corrected chi connectivity index (χ0v) is 11.5. The summed E-state index contributed by atoms with van der Waals surface area (Å²) in [7, 11) is 0. The van der Waals surface area contributed by atoms with Gasteiger partial charge in [-0.3, -0.25) is 0 Å². The number of ether oxygens (including phenoxy) is 1. The van der Waals surface area contributed by atoms with Gasteiger partial charge in [0.05, 0.1) is 11.2 Å². The first-order valence-corrected chi connectivity index (χ1v) is 6.77. The molecule has 0 aromatic rings. The highest BCUT2D eigenvalue weighted by Gasteiger charge is 2.55. The van der Waals surface area contributed by atoms with Gasteiger partial charge in [-0.2, -0.15) is 0 Å². The largest absolute Gasteiger partial charge is 0.369 e. The molecule has 2 nitrogen and oxygen atoms in total. The molecule has 2 fully saturated rings. The molecule has 0 bridgehead atoms. The van der Waals surface area contributed by atoms with Gasteiger partial charge in [0.2, 0.25) is 0 Å². The first kappa shape index (κ1) is 12.4. The van der Waals surface area contributed by atoms with Crippen LogP contribution in [-0.2, 0) is 4.74 Å². The predicted octanol–water partition coefficient (Wildman–Crippen LogP) is 3.11. The predicted molar refractivity (Wildman–Crippen MR) is 67.6 cm³/mol. The van der Waals surface area contributed by atoms with Crippen LogP contribution in [0.15, 0.2) is 0 Å². The van der Waals surface area contributed by atoms with E-state index in [4.69, 9.17) is 4.74 Å². The number of hydrogen-bond acceptors (Lipinski definition) is 2. The van der Waals surface area contributed by atoms with E-state index >= 15 is 0 Å². The minimum absolute atomic E-state index is 0.0108. The maximum Gasteiger partial charge on any atom is 0.0680 e. The molecule has 0 spiro atoms. The van der Waals surface area contributed by atoms with Crippen LogP contribution < -0.4 is 5.32 Å². The Labute approximate surface area is 100 Å². The van der Waals surface area contributed by atoms with E-state index in [1.54, 1.807) is 0 Å². The Bertz CT molecular complexity index is 264. The Morgan fingerprint density at radius 3 is 2.31 bits per heavy atom. The van der Waals surface area contributed by atoms with Crippen molar-refractivity contribution in [2.24, 2.45) is 5.92 Å². The van der Waals surface area contributed by atoms with Gasteiger partial charge in [-0.05, 0) is 59.9 Å². The van der Waals surface area contributed by atoms with Gasteiger partial charge >= 0.3 is 0 Å². The Hall–Kier alpha value is -0.0800. The molecule has 2 heterocycles. The fourth-order valence-corrected chi connectivity index (χ4v) is 4.10. The zero-order chi connectivity index (χ0) is 12.0. The lowest BCUT2D eigenvalue weighted by molar-refractivity contribution is -0.0835. The van der Waals surface area contributed by atoms with Crippen LogP contribution in [0, 0.1) is 5.92 Å². The van der Waals surface area contributed by atoms with Crippen molar-refractivity contribution in [2.75, 3.05) is 6.54 Å². The molecular formula is C14H27NO. The average molecular weight is 225 g/mol. The molecule has 2 heteroatoms. The quantitative estimate of drug-likeness (QED) is 0.779. The molecule has 2 aliphatic rings. The van der Waals surface area contributed by atoms with Crippen LogP contribution in [-0.4, -0.2) is 23.3 Å². The molecule has 0 aliphatic carbocycles. The van der Waals surface area contributed by atoms with Crippen molar-refractivity contribution in [3.05, 3.63) is 0 Å². The molecule has 1 N–H and O–H groups in total. The highest BCUT2D eigenvalue weighted by Crippen LogP contribution is 2.50. The van der Waals surface area contributed by atoms with Gasteiger partial charge in [-0.25, -0.2) is 0 Å². The summed E-state index contributed by atoms with van der Waals surface area (Å²) < 4.78 is 6.25. The van der Waals surface area contributed by atoms with Crippen molar-refractivity contribution in [3.8, 4) is 0 Å². The molecule has 94 valence electrons. The van der Waals surface area contributed by atoms with Crippen LogP contribution >= 0.6 is 0 Å². The lowest BCUT2D eigenvalue weighted by Gasteiger charge is -2.41. The zero-order valence-electron chi connectivity index (χ0n) is 11.5. The molecular weight excluding hydrogens is 198 g/mol. The number of rotatable bonds is 2. The van der Waals surface area contributed by atoms with Crippen LogP contribution in [0.2, 0.25) is 0 Å². The lowest BCUT2D eigenvalue weighted by atomic mass is 9.70. The third-order valence-electron chi connectivity index (χ3n) is 4.65. The molecule has 0 amide bonds. The first-order valence-electron chi connectivity index (χ1n) is 6.77. The molecule has 0 aromatic heterocycles. The van der Waals surface area contributed by atoms with Crippen molar-refractivity contribution in [2.45, 2.75) is 77.0 Å². The highest BCUT2D eigenvalue weighted by atomic mass is 16.5. The Balaban J connectivity index is 2.26. The Morgan fingerprint density at radius 2 is 1.94 bits per heavy atom. The fourth-order valence-electron chi connectivity index (χ4n) is 4.10. The van der Waals surface area contributed by atoms with Gasteiger partial charge in [0, 0.05) is 11.5 Å². The summed E-state index contributed by atoms with van der Waals surface area (Å²) in [6.07, 6.45) is 5.04. The topological polar surface area (TPSA) is 21.3 Å². The molecule has 2 unspecified atom stereocenters. The van der Waals surface area contributed by atoms with Gasteiger partial charge in [0.25, 0.3) is 0 Å². The van der Waals surface area contributed by atoms with E-state index in [0.29, 0.717) is 11.5 Å². The molecule has 2 rings (SSSR count). The SMILES string of the molecule is CCC1(C2CC(C)(C)OC2(C)C)CCCN1. The maximum atomic E-state index is 6.25. The van der Waals surface area contributed by atoms with E-state index in [2.05, 4.69) is 39.9 Å². The standard InChI is InChI=1S/C14H27NO/c1-6-14(8-7-9-15-14)11-10-12(2,3)16-13(11,4)5/h11,15H,6-10H2,1-5H3. The van der Waals surface area contributed by atoms with E-state index < -0.39 is 0 Å². The number of hydrogen-bond donors (Lipinski definition) is 1. The smallest absolute Gasteiger partial charge is 0.0680 e. The van der Waals surface area contributed by atoms with Gasteiger partial charge in [-0.1, -0.05) is 6.92 Å². The molecule has 0 aromatic carbocycles. The second-order valence-electron chi connectivity index (χ2n) is 6.76. The van der Waals surface area contributed by atoms with Crippen molar-refractivity contribution in [3.63, 3.8) is 0 Å². The van der Waals surface area contributed by atoms with Gasteiger partial charge in [0.15, 0.2) is 0 Å². The van der Waals surface area contributed by atoms with Crippen molar-refractivity contribution < 1.29 is 4.74 Å². The summed E-state index contributed by atoms with van der Waals surface area (Å²) in [5.74, 6) is 0.641. The minimum atomic E-state index is 0.0108. The molecule has 2 aliphatic heterocycles. The van der Waals surface area contributed by atoms with Crippen LogP contribution in [0.25, 0.3) is 0 Å². The van der Waals surface area contributed by atoms with E-state index in [1.165, 1.54) is 32.2 Å². The van der Waals surface area contributed by atoms with E-state index in [-0.39, 0.29) is 11.2 Å². The second kappa shape index (κ2) is 3.71. The van der Waals surface area contributed by atoms with Crippen LogP contribution in [0.4, 0.5) is 0 Å². The van der Waals surface area contributed by atoms with Crippen LogP contribution in [0.1, 0.15) is 60.3 Å². The Kier molecular flexibility index (Phi) is 2.87. The van der Waals surface area contributed by atoms with E-state index in [1.807, 2.05) is 0 Å². The summed E-state index contributed by atoms with van der Waals surface area (Å²) in [6.45, 7) is 12.5. The molecule has 2 atom stereocenters. The molecule has 16 heavy (non-hydrogen) atoms. The van der Waals surface area contributed by atoms with E-state index in [0.717, 1.165) is 0 Å². The van der Waals surface area contributed by atoms with E-state index in [9.17, 15) is 0 Å². The second-order valence-corrected chi connectivity index (χ2v) is 6.76. The van der Waals surface area contributed by atoms with Gasteiger partial charge in [-0.15, -0.1) is 0 Å². The van der Waals surface area contributed by atoms with Crippen LogP contribution in [0.5, 0.6) is 0 Å². The average Bonchev–Trinajstić information content (AvgIpc) is 2.68. The monoisotopic (exact) mass is 225 g/mol. The van der Waals surface area contributed by atoms with Crippen LogP contribution in [0.3, 0.4) is 0 Å². The third-order valence-corrected chi connectivity index (χ3v) is 4.65. The molecule has 0 saturated carbocycles. The first-order chi connectivity index (χ1) is 7.31. The minimum Gasteiger partial charge on any atom is -0.369 e. The third kappa shape index (κ3) is 1.91. The van der Waals surface area contributed by atoms with Gasteiger partial charge in [0.1, 0.15) is 0 Å². The van der Waals surface area contributed by atoms with Crippen molar-refractivity contribution >= 4 is 0 Å². The summed E-state index contributed by atoms with van der Waals surface area (Å²) in [5.41, 5.74) is 0.384. The highest BCUT2D eigenvalue weighted by molar-refractivity contribution is 5.08. The normalized spacial score (nSPS) is 41.4. The van der Waals surface area contributed by atoms with Crippen molar-refractivity contribution in [1.29, 1.82) is 0 Å². The fraction of sp³-hybridized carbons (Fsp3) is 1.00. The summed E-state index contributed by atoms with van der Waals surface area (Å²) in [5, 5.41) is 3.78. The van der Waals surface area contributed by atoms with Gasteiger partial charge < -0.3 is 10.1 Å². The van der Waals surface area contributed by atoms with Crippen molar-refractivity contribution in [1.82, 2.24) is 5.32 Å². The number of nitrogens with one attached hydrogen (secondary N) is 1. The maximum absolute atomic E-state index is 6.25. The molecule has 0 radical (unpaired) electrons.